The second kappa shape index (κ2) is 6.34. The van der Waals surface area contributed by atoms with Gasteiger partial charge in [0.1, 0.15) is 11.6 Å². The molecule has 0 unspecified atom stereocenters. The van der Waals surface area contributed by atoms with E-state index in [2.05, 4.69) is 5.10 Å². The number of rotatable bonds is 4. The standard InChI is InChI=1S/C14H13Cl3N2O2/c1-7(2)12-11(10(20)6-15)14(21)19(18-12)13-8(16)4-3-5-9(13)17/h3-5,7,11H,6H2,1-2H3/t11-/m0/s1. The number of para-hydroxylation sites is 1. The van der Waals surface area contributed by atoms with Crippen molar-refractivity contribution < 1.29 is 9.59 Å². The van der Waals surface area contributed by atoms with Crippen LogP contribution in [-0.4, -0.2) is 23.3 Å². The van der Waals surface area contributed by atoms with E-state index in [9.17, 15) is 9.59 Å². The number of amides is 1. The first kappa shape index (κ1) is 16.3. The molecular weight excluding hydrogens is 335 g/mol. The minimum absolute atomic E-state index is 0.0719. The number of Topliss-reactive ketones (excluding diaryl/α,β-unsaturated/α-hetero) is 1. The van der Waals surface area contributed by atoms with Crippen molar-refractivity contribution in [2.75, 3.05) is 10.9 Å². The highest BCUT2D eigenvalue weighted by molar-refractivity contribution is 6.42. The Labute approximate surface area is 137 Å². The molecule has 0 radical (unpaired) electrons. The fourth-order valence-corrected chi connectivity index (χ4v) is 2.86. The molecule has 0 aliphatic carbocycles. The van der Waals surface area contributed by atoms with Crippen LogP contribution < -0.4 is 5.01 Å². The van der Waals surface area contributed by atoms with Gasteiger partial charge in [0.2, 0.25) is 0 Å². The molecule has 7 heteroatoms. The lowest BCUT2D eigenvalue weighted by molar-refractivity contribution is -0.127. The summed E-state index contributed by atoms with van der Waals surface area (Å²) in [5.41, 5.74) is 0.760. The van der Waals surface area contributed by atoms with Crippen LogP contribution in [0, 0.1) is 11.8 Å². The number of halogens is 3. The molecule has 1 heterocycles. The lowest BCUT2D eigenvalue weighted by atomic mass is 9.91. The largest absolute Gasteiger partial charge is 0.297 e. The van der Waals surface area contributed by atoms with Gasteiger partial charge in [-0.2, -0.15) is 10.1 Å². The Morgan fingerprint density at radius 3 is 2.38 bits per heavy atom. The monoisotopic (exact) mass is 346 g/mol. The fraction of sp³-hybridized carbons (Fsp3) is 0.357. The van der Waals surface area contributed by atoms with Gasteiger partial charge >= 0.3 is 0 Å². The minimum atomic E-state index is -0.963. The Balaban J connectivity index is 2.52. The first-order chi connectivity index (χ1) is 9.88. The molecule has 1 aromatic carbocycles. The number of alkyl halides is 1. The third kappa shape index (κ3) is 2.93. The first-order valence-electron chi connectivity index (χ1n) is 6.33. The molecule has 21 heavy (non-hydrogen) atoms. The highest BCUT2D eigenvalue weighted by Gasteiger charge is 2.43. The van der Waals surface area contributed by atoms with Crippen LogP contribution in [0.5, 0.6) is 0 Å². The third-order valence-electron chi connectivity index (χ3n) is 3.16. The van der Waals surface area contributed by atoms with Crippen LogP contribution in [0.15, 0.2) is 23.3 Å². The van der Waals surface area contributed by atoms with Crippen LogP contribution in [0.3, 0.4) is 0 Å². The highest BCUT2D eigenvalue weighted by atomic mass is 35.5. The Bertz CT molecular complexity index is 608. The molecule has 2 rings (SSSR count). The fourth-order valence-electron chi connectivity index (χ4n) is 2.15. The predicted octanol–water partition coefficient (Wildman–Crippen LogP) is 3.78. The molecule has 0 saturated carbocycles. The van der Waals surface area contributed by atoms with E-state index in [1.54, 1.807) is 18.2 Å². The quantitative estimate of drug-likeness (QED) is 0.615. The van der Waals surface area contributed by atoms with Gasteiger partial charge in [0.25, 0.3) is 5.91 Å². The molecule has 0 fully saturated rings. The number of hydrogen-bond donors (Lipinski definition) is 0. The molecule has 1 aromatic rings. The molecule has 0 N–H and O–H groups in total. The zero-order chi connectivity index (χ0) is 15.7. The number of hydrazone groups is 1. The zero-order valence-corrected chi connectivity index (χ0v) is 13.7. The number of carbonyl (C=O) groups excluding carboxylic acids is 2. The lowest BCUT2D eigenvalue weighted by Gasteiger charge is -2.16. The van der Waals surface area contributed by atoms with Gasteiger partial charge in [-0.1, -0.05) is 43.1 Å². The van der Waals surface area contributed by atoms with E-state index in [1.165, 1.54) is 0 Å². The average Bonchev–Trinajstić information content (AvgIpc) is 2.76. The van der Waals surface area contributed by atoms with Gasteiger partial charge in [-0.15, -0.1) is 11.6 Å². The molecule has 1 aliphatic heterocycles. The normalized spacial score (nSPS) is 18.4. The van der Waals surface area contributed by atoms with E-state index in [4.69, 9.17) is 34.8 Å². The minimum Gasteiger partial charge on any atom is -0.297 e. The van der Waals surface area contributed by atoms with Crippen LogP contribution in [-0.2, 0) is 9.59 Å². The Kier molecular flexibility index (Phi) is 4.91. The van der Waals surface area contributed by atoms with Gasteiger partial charge in [0.05, 0.1) is 21.6 Å². The second-order valence-electron chi connectivity index (χ2n) is 4.93. The summed E-state index contributed by atoms with van der Waals surface area (Å²) in [6.07, 6.45) is 0. The molecule has 0 aromatic heterocycles. The molecular formula is C14H13Cl3N2O2. The van der Waals surface area contributed by atoms with Gasteiger partial charge in [0.15, 0.2) is 5.78 Å². The summed E-state index contributed by atoms with van der Waals surface area (Å²) < 4.78 is 0. The molecule has 1 amide bonds. The molecule has 4 nitrogen and oxygen atoms in total. The average molecular weight is 348 g/mol. The highest BCUT2D eigenvalue weighted by Crippen LogP contribution is 2.37. The van der Waals surface area contributed by atoms with Gasteiger partial charge in [-0.25, -0.2) is 0 Å². The summed E-state index contributed by atoms with van der Waals surface area (Å²) in [6.45, 7) is 3.72. The predicted molar refractivity (Wildman–Crippen MR) is 85.4 cm³/mol. The van der Waals surface area contributed by atoms with Crippen molar-refractivity contribution in [3.8, 4) is 0 Å². The summed E-state index contributed by atoms with van der Waals surface area (Å²) in [5, 5.41) is 5.96. The summed E-state index contributed by atoms with van der Waals surface area (Å²) >= 11 is 17.8. The van der Waals surface area contributed by atoms with Crippen LogP contribution in [0.2, 0.25) is 10.0 Å². The van der Waals surface area contributed by atoms with E-state index in [0.29, 0.717) is 15.8 Å². The molecule has 1 atom stereocenters. The van der Waals surface area contributed by atoms with E-state index in [1.807, 2.05) is 13.8 Å². The van der Waals surface area contributed by atoms with Crippen LogP contribution >= 0.6 is 34.8 Å². The Hall–Kier alpha value is -1.10. The van der Waals surface area contributed by atoms with Crippen molar-refractivity contribution in [3.63, 3.8) is 0 Å². The molecule has 112 valence electrons. The van der Waals surface area contributed by atoms with Crippen molar-refractivity contribution in [2.45, 2.75) is 13.8 Å². The van der Waals surface area contributed by atoms with Gasteiger partial charge in [-0.3, -0.25) is 9.59 Å². The maximum absolute atomic E-state index is 12.5. The maximum Gasteiger partial charge on any atom is 0.263 e. The Morgan fingerprint density at radius 1 is 1.33 bits per heavy atom. The van der Waals surface area contributed by atoms with E-state index in [-0.39, 0.29) is 23.3 Å². The number of benzene rings is 1. The Morgan fingerprint density at radius 2 is 1.90 bits per heavy atom. The topological polar surface area (TPSA) is 49.7 Å². The number of anilines is 1. The van der Waals surface area contributed by atoms with Crippen LogP contribution in [0.25, 0.3) is 0 Å². The van der Waals surface area contributed by atoms with Crippen LogP contribution in [0.4, 0.5) is 5.69 Å². The lowest BCUT2D eigenvalue weighted by Crippen LogP contribution is -2.35. The summed E-state index contributed by atoms with van der Waals surface area (Å²) in [5.74, 6) is -2.13. The van der Waals surface area contributed by atoms with Crippen molar-refractivity contribution in [3.05, 3.63) is 28.2 Å². The number of ketones is 1. The summed E-state index contributed by atoms with van der Waals surface area (Å²) in [4.78, 5) is 24.5. The first-order valence-corrected chi connectivity index (χ1v) is 7.62. The smallest absolute Gasteiger partial charge is 0.263 e. The second-order valence-corrected chi connectivity index (χ2v) is 6.01. The zero-order valence-electron chi connectivity index (χ0n) is 11.4. The van der Waals surface area contributed by atoms with Crippen molar-refractivity contribution in [1.82, 2.24) is 0 Å². The number of carbonyl (C=O) groups is 2. The molecule has 0 spiro atoms. The van der Waals surface area contributed by atoms with Crippen molar-refractivity contribution >= 4 is 57.9 Å². The molecule has 0 saturated heterocycles. The third-order valence-corrected chi connectivity index (χ3v) is 4.03. The van der Waals surface area contributed by atoms with Gasteiger partial charge < -0.3 is 0 Å². The molecule has 0 bridgehead atoms. The van der Waals surface area contributed by atoms with Gasteiger partial charge in [0, 0.05) is 0 Å². The van der Waals surface area contributed by atoms with E-state index < -0.39 is 11.8 Å². The van der Waals surface area contributed by atoms with Crippen molar-refractivity contribution in [1.29, 1.82) is 0 Å². The number of hydrogen-bond acceptors (Lipinski definition) is 3. The summed E-state index contributed by atoms with van der Waals surface area (Å²) in [6, 6.07) is 4.89. The van der Waals surface area contributed by atoms with Crippen LogP contribution in [0.1, 0.15) is 13.8 Å². The summed E-state index contributed by atoms with van der Waals surface area (Å²) in [7, 11) is 0. The van der Waals surface area contributed by atoms with Crippen molar-refractivity contribution in [2.24, 2.45) is 16.9 Å². The van der Waals surface area contributed by atoms with E-state index in [0.717, 1.165) is 5.01 Å². The SMILES string of the molecule is CC(C)C1=NN(c2c(Cl)cccc2Cl)C(=O)[C@H]1C(=O)CCl. The van der Waals surface area contributed by atoms with E-state index >= 15 is 0 Å². The maximum atomic E-state index is 12.5. The molecule has 1 aliphatic rings. The number of nitrogens with zero attached hydrogens (tertiary/aromatic N) is 2. The van der Waals surface area contributed by atoms with Gasteiger partial charge in [-0.05, 0) is 18.1 Å².